The summed E-state index contributed by atoms with van der Waals surface area (Å²) in [5.41, 5.74) is 0.282. The van der Waals surface area contributed by atoms with E-state index < -0.39 is 4.92 Å². The molecule has 0 fully saturated rings. The summed E-state index contributed by atoms with van der Waals surface area (Å²) < 4.78 is 0. The minimum atomic E-state index is -0.469. The molecular weight excluding hydrogens is 192 g/mol. The molecule has 0 N–H and O–H groups in total. The maximum absolute atomic E-state index is 10.8. The van der Waals surface area contributed by atoms with Crippen LogP contribution in [0.15, 0.2) is 36.4 Å². The predicted molar refractivity (Wildman–Crippen MR) is 55.3 cm³/mol. The number of nitriles is 1. The molecule has 2 aromatic rings. The molecule has 0 aliphatic carbocycles. The van der Waals surface area contributed by atoms with Crippen LogP contribution >= 0.6 is 0 Å². The van der Waals surface area contributed by atoms with Gasteiger partial charge in [0.15, 0.2) is 0 Å². The number of rotatable bonds is 1. The van der Waals surface area contributed by atoms with Crippen LogP contribution in [0, 0.1) is 21.4 Å². The molecule has 0 saturated carbocycles. The molecule has 15 heavy (non-hydrogen) atoms. The first kappa shape index (κ1) is 9.16. The lowest BCUT2D eigenvalue weighted by Crippen LogP contribution is -1.90. The van der Waals surface area contributed by atoms with Gasteiger partial charge < -0.3 is 0 Å². The Balaban J connectivity index is 2.88. The average molecular weight is 198 g/mol. The zero-order valence-corrected chi connectivity index (χ0v) is 7.68. The van der Waals surface area contributed by atoms with Gasteiger partial charge in [0.25, 0.3) is 5.69 Å². The van der Waals surface area contributed by atoms with E-state index in [0.29, 0.717) is 16.3 Å². The van der Waals surface area contributed by atoms with Gasteiger partial charge in [-0.05, 0) is 17.5 Å². The van der Waals surface area contributed by atoms with Crippen molar-refractivity contribution in [2.45, 2.75) is 0 Å². The van der Waals surface area contributed by atoms with Crippen molar-refractivity contribution in [2.75, 3.05) is 0 Å². The molecule has 0 atom stereocenters. The van der Waals surface area contributed by atoms with Crippen molar-refractivity contribution in [3.8, 4) is 6.07 Å². The van der Waals surface area contributed by atoms with Gasteiger partial charge in [-0.2, -0.15) is 5.26 Å². The highest BCUT2D eigenvalue weighted by molar-refractivity contribution is 5.92. The van der Waals surface area contributed by atoms with Crippen molar-refractivity contribution in [1.82, 2.24) is 0 Å². The van der Waals surface area contributed by atoms with Crippen molar-refractivity contribution >= 4 is 16.5 Å². The van der Waals surface area contributed by atoms with Crippen molar-refractivity contribution < 1.29 is 4.92 Å². The van der Waals surface area contributed by atoms with Crippen LogP contribution in [-0.4, -0.2) is 4.92 Å². The van der Waals surface area contributed by atoms with Gasteiger partial charge in [0.1, 0.15) is 0 Å². The molecule has 0 heterocycles. The van der Waals surface area contributed by atoms with E-state index in [4.69, 9.17) is 5.26 Å². The number of nitrogens with zero attached hydrogens (tertiary/aromatic N) is 2. The topological polar surface area (TPSA) is 66.9 Å². The maximum atomic E-state index is 10.8. The number of non-ortho nitro benzene ring substituents is 1. The van der Waals surface area contributed by atoms with E-state index in [-0.39, 0.29) is 5.69 Å². The van der Waals surface area contributed by atoms with E-state index in [1.807, 2.05) is 6.07 Å². The lowest BCUT2D eigenvalue weighted by molar-refractivity contribution is -0.383. The molecule has 2 aromatic carbocycles. The number of nitro groups is 1. The third-order valence-electron chi connectivity index (χ3n) is 2.17. The van der Waals surface area contributed by atoms with Crippen molar-refractivity contribution in [3.05, 3.63) is 52.1 Å². The molecule has 2 rings (SSSR count). The first-order valence-corrected chi connectivity index (χ1v) is 4.29. The highest BCUT2D eigenvalue weighted by Gasteiger charge is 2.12. The normalized spacial score (nSPS) is 9.80. The molecule has 0 saturated heterocycles. The Morgan fingerprint density at radius 2 is 2.00 bits per heavy atom. The van der Waals surface area contributed by atoms with Gasteiger partial charge in [0.05, 0.1) is 21.9 Å². The molecule has 0 amide bonds. The number of hydrogen-bond donors (Lipinski definition) is 0. The van der Waals surface area contributed by atoms with Crippen molar-refractivity contribution in [1.29, 1.82) is 5.26 Å². The molecule has 0 spiro atoms. The molecule has 72 valence electrons. The number of nitro benzene ring substituents is 1. The highest BCUT2D eigenvalue weighted by Crippen LogP contribution is 2.26. The molecule has 4 nitrogen and oxygen atoms in total. The Bertz CT molecular complexity index is 585. The fourth-order valence-electron chi connectivity index (χ4n) is 1.51. The van der Waals surface area contributed by atoms with Crippen LogP contribution in [0.4, 0.5) is 5.69 Å². The summed E-state index contributed by atoms with van der Waals surface area (Å²) in [4.78, 5) is 10.3. The molecule has 4 heteroatoms. The Morgan fingerprint density at radius 3 is 2.67 bits per heavy atom. The quantitative estimate of drug-likeness (QED) is 0.522. The molecule has 0 aromatic heterocycles. The van der Waals surface area contributed by atoms with Gasteiger partial charge in [0.2, 0.25) is 0 Å². The fourth-order valence-corrected chi connectivity index (χ4v) is 1.51. The van der Waals surface area contributed by atoms with E-state index in [0.717, 1.165) is 0 Å². The first-order chi connectivity index (χ1) is 7.22. The van der Waals surface area contributed by atoms with Crippen LogP contribution in [0.3, 0.4) is 0 Å². The van der Waals surface area contributed by atoms with E-state index in [1.54, 1.807) is 30.3 Å². The Hall–Kier alpha value is -2.41. The minimum Gasteiger partial charge on any atom is -0.258 e. The lowest BCUT2D eigenvalue weighted by atomic mass is 10.1. The molecule has 0 unspecified atom stereocenters. The predicted octanol–water partition coefficient (Wildman–Crippen LogP) is 2.62. The summed E-state index contributed by atoms with van der Waals surface area (Å²) in [5.74, 6) is 0. The Kier molecular flexibility index (Phi) is 2.07. The van der Waals surface area contributed by atoms with E-state index >= 15 is 0 Å². The summed E-state index contributed by atoms with van der Waals surface area (Å²) in [7, 11) is 0. The zero-order valence-electron chi connectivity index (χ0n) is 7.68. The summed E-state index contributed by atoms with van der Waals surface area (Å²) in [6.45, 7) is 0. The molecule has 0 aliphatic heterocycles. The van der Waals surface area contributed by atoms with Crippen LogP contribution in [0.25, 0.3) is 10.8 Å². The maximum Gasteiger partial charge on any atom is 0.278 e. The second-order valence-electron chi connectivity index (χ2n) is 3.09. The summed E-state index contributed by atoms with van der Waals surface area (Å²) >= 11 is 0. The van der Waals surface area contributed by atoms with Crippen molar-refractivity contribution in [3.63, 3.8) is 0 Å². The highest BCUT2D eigenvalue weighted by atomic mass is 16.6. The third-order valence-corrected chi connectivity index (χ3v) is 2.17. The largest absolute Gasteiger partial charge is 0.278 e. The van der Waals surface area contributed by atoms with Gasteiger partial charge in [-0.15, -0.1) is 0 Å². The van der Waals surface area contributed by atoms with Crippen LogP contribution in [0.2, 0.25) is 0 Å². The SMILES string of the molecule is N#Cc1cc([N+](=O)[O-])c2ccccc2c1. The minimum absolute atomic E-state index is 0.0235. The van der Waals surface area contributed by atoms with Gasteiger partial charge >= 0.3 is 0 Å². The summed E-state index contributed by atoms with van der Waals surface area (Å²) in [6.07, 6.45) is 0. The van der Waals surface area contributed by atoms with Crippen LogP contribution in [0.5, 0.6) is 0 Å². The number of fused-ring (bicyclic) bond motifs is 1. The standard InChI is InChI=1S/C11H6N2O2/c12-7-8-5-9-3-1-2-4-10(9)11(6-8)13(14)15/h1-6H. The van der Waals surface area contributed by atoms with Crippen LogP contribution in [0.1, 0.15) is 5.56 Å². The van der Waals surface area contributed by atoms with E-state index in [9.17, 15) is 10.1 Å². The molecule has 0 bridgehead atoms. The van der Waals surface area contributed by atoms with Gasteiger partial charge in [-0.1, -0.05) is 18.2 Å². The fraction of sp³-hybridized carbons (Fsp3) is 0. The second-order valence-corrected chi connectivity index (χ2v) is 3.09. The smallest absolute Gasteiger partial charge is 0.258 e. The zero-order chi connectivity index (χ0) is 10.8. The lowest BCUT2D eigenvalue weighted by Gasteiger charge is -1.99. The summed E-state index contributed by atoms with van der Waals surface area (Å²) in [5, 5.41) is 20.8. The number of benzene rings is 2. The molecular formula is C11H6N2O2. The number of hydrogen-bond acceptors (Lipinski definition) is 3. The van der Waals surface area contributed by atoms with Gasteiger partial charge in [-0.3, -0.25) is 10.1 Å². The third kappa shape index (κ3) is 1.51. The first-order valence-electron chi connectivity index (χ1n) is 4.29. The molecule has 0 radical (unpaired) electrons. The monoisotopic (exact) mass is 198 g/mol. The average Bonchev–Trinajstić information content (AvgIpc) is 2.27. The van der Waals surface area contributed by atoms with Crippen molar-refractivity contribution in [2.24, 2.45) is 0 Å². The molecule has 0 aliphatic rings. The Labute approximate surface area is 85.5 Å². The van der Waals surface area contributed by atoms with Crippen LogP contribution in [-0.2, 0) is 0 Å². The summed E-state index contributed by atoms with van der Waals surface area (Å²) in [6, 6.07) is 11.8. The van der Waals surface area contributed by atoms with E-state index in [2.05, 4.69) is 0 Å². The second kappa shape index (κ2) is 3.39. The van der Waals surface area contributed by atoms with Crippen LogP contribution < -0.4 is 0 Å². The van der Waals surface area contributed by atoms with Gasteiger partial charge in [0, 0.05) is 6.07 Å². The Morgan fingerprint density at radius 1 is 1.27 bits per heavy atom. The van der Waals surface area contributed by atoms with Gasteiger partial charge in [-0.25, -0.2) is 0 Å². The van der Waals surface area contributed by atoms with E-state index in [1.165, 1.54) is 6.07 Å².